The number of fused-ring (bicyclic) bond motifs is 1. The fourth-order valence-corrected chi connectivity index (χ4v) is 5.93. The number of benzene rings is 1. The first kappa shape index (κ1) is 21.1. The van der Waals surface area contributed by atoms with Crippen molar-refractivity contribution in [1.82, 2.24) is 14.9 Å². The molecule has 0 bridgehead atoms. The van der Waals surface area contributed by atoms with E-state index in [-0.39, 0.29) is 6.10 Å². The average molecular weight is 502 g/mol. The molecule has 3 heterocycles. The molecule has 31 heavy (non-hydrogen) atoms. The molecule has 2 aromatic heterocycles. The molecule has 1 saturated carbocycles. The summed E-state index contributed by atoms with van der Waals surface area (Å²) in [5, 5.41) is 17.7. The predicted molar refractivity (Wildman–Crippen MR) is 131 cm³/mol. The second-order valence-electron chi connectivity index (χ2n) is 8.63. The summed E-state index contributed by atoms with van der Waals surface area (Å²) in [6.07, 6.45) is 6.10. The third kappa shape index (κ3) is 5.37. The number of aliphatic hydroxyl groups is 1. The van der Waals surface area contributed by atoms with Gasteiger partial charge in [-0.3, -0.25) is 4.90 Å². The van der Waals surface area contributed by atoms with Crippen LogP contribution in [-0.2, 0) is 6.54 Å². The van der Waals surface area contributed by atoms with E-state index in [0.717, 1.165) is 63.7 Å². The number of hydrogen-bond acceptors (Lipinski definition) is 7. The molecule has 2 aliphatic rings. The molecule has 3 N–H and O–H groups in total. The van der Waals surface area contributed by atoms with Gasteiger partial charge in [-0.2, -0.15) is 0 Å². The number of aromatic nitrogens is 2. The summed E-state index contributed by atoms with van der Waals surface area (Å²) in [5.41, 5.74) is 2.25. The zero-order valence-electron chi connectivity index (χ0n) is 17.5. The van der Waals surface area contributed by atoms with Crippen LogP contribution < -0.4 is 10.6 Å². The first-order valence-electron chi connectivity index (χ1n) is 11.1. The topological polar surface area (TPSA) is 73.3 Å². The van der Waals surface area contributed by atoms with Crippen LogP contribution in [-0.4, -0.2) is 45.2 Å². The van der Waals surface area contributed by atoms with E-state index in [1.54, 1.807) is 11.3 Å². The van der Waals surface area contributed by atoms with E-state index in [0.29, 0.717) is 6.04 Å². The fraction of sp³-hybridized carbons (Fsp3) is 0.478. The molecule has 1 aromatic carbocycles. The Morgan fingerprint density at radius 2 is 1.81 bits per heavy atom. The van der Waals surface area contributed by atoms with Crippen LogP contribution in [0.15, 0.2) is 34.8 Å². The highest BCUT2D eigenvalue weighted by Gasteiger charge is 2.20. The second-order valence-corrected chi connectivity index (χ2v) is 10.6. The maximum atomic E-state index is 9.81. The molecular formula is C23H28BrN5OS. The van der Waals surface area contributed by atoms with E-state index in [1.807, 2.05) is 12.1 Å². The predicted octanol–water partition coefficient (Wildman–Crippen LogP) is 5.51. The molecule has 1 aliphatic carbocycles. The standard InChI is InChI=1S/C23H28BrN5OS/c24-16-3-8-19-20(13-16)31-23(26-19)28-22-12-15(14-29-9-1-2-10-29)11-21(27-22)25-17-4-6-18(30)7-5-17/h3,8,11-13,17-18,30H,1-2,4-7,9-10,14H2,(H2,25,26,27,28)/t17-,18-. The molecule has 1 saturated heterocycles. The SMILES string of the molecule is O[C@H]1CC[C@H](Nc2cc(CN3CCCC3)cc(Nc3nc4ccc(Br)cc4s3)n2)CC1. The lowest BCUT2D eigenvalue weighted by molar-refractivity contribution is 0.126. The minimum Gasteiger partial charge on any atom is -0.393 e. The number of pyridine rings is 1. The zero-order chi connectivity index (χ0) is 21.2. The maximum Gasteiger partial charge on any atom is 0.189 e. The van der Waals surface area contributed by atoms with Crippen molar-refractivity contribution in [2.24, 2.45) is 0 Å². The Hall–Kier alpha value is -1.74. The van der Waals surface area contributed by atoms with Gasteiger partial charge in [0.25, 0.3) is 0 Å². The normalized spacial score (nSPS) is 22.1. The largest absolute Gasteiger partial charge is 0.393 e. The Balaban J connectivity index is 1.38. The molecule has 0 amide bonds. The number of rotatable bonds is 6. The monoisotopic (exact) mass is 501 g/mol. The Labute approximate surface area is 195 Å². The van der Waals surface area contributed by atoms with E-state index in [9.17, 15) is 5.11 Å². The van der Waals surface area contributed by atoms with Gasteiger partial charge >= 0.3 is 0 Å². The summed E-state index contributed by atoms with van der Waals surface area (Å²) in [5.74, 6) is 1.73. The molecule has 0 unspecified atom stereocenters. The molecule has 164 valence electrons. The number of likely N-dealkylation sites (tertiary alicyclic amines) is 1. The number of thiazole rings is 1. The smallest absolute Gasteiger partial charge is 0.189 e. The van der Waals surface area contributed by atoms with Crippen LogP contribution >= 0.6 is 27.3 Å². The summed E-state index contributed by atoms with van der Waals surface area (Å²) in [4.78, 5) is 12.1. The number of aliphatic hydroxyl groups excluding tert-OH is 1. The minimum absolute atomic E-state index is 0.149. The highest BCUT2D eigenvalue weighted by atomic mass is 79.9. The minimum atomic E-state index is -0.149. The van der Waals surface area contributed by atoms with Crippen LogP contribution in [0.1, 0.15) is 44.1 Å². The van der Waals surface area contributed by atoms with Gasteiger partial charge in [0.05, 0.1) is 16.3 Å². The summed E-state index contributed by atoms with van der Waals surface area (Å²) < 4.78 is 2.20. The Bertz CT molecular complexity index is 1040. The van der Waals surface area contributed by atoms with Crippen molar-refractivity contribution in [2.75, 3.05) is 23.7 Å². The van der Waals surface area contributed by atoms with Crippen molar-refractivity contribution in [3.63, 3.8) is 0 Å². The van der Waals surface area contributed by atoms with E-state index in [4.69, 9.17) is 9.97 Å². The van der Waals surface area contributed by atoms with Gasteiger partial charge in [-0.05, 0) is 87.5 Å². The van der Waals surface area contributed by atoms with Gasteiger partial charge in [0.1, 0.15) is 11.6 Å². The van der Waals surface area contributed by atoms with E-state index in [1.165, 1.54) is 31.5 Å². The third-order valence-corrected chi connectivity index (χ3v) is 7.55. The molecule has 2 fully saturated rings. The van der Waals surface area contributed by atoms with Crippen molar-refractivity contribution >= 4 is 54.3 Å². The Kier molecular flexibility index (Phi) is 6.41. The summed E-state index contributed by atoms with van der Waals surface area (Å²) in [6.45, 7) is 3.28. The molecule has 8 heteroatoms. The summed E-state index contributed by atoms with van der Waals surface area (Å²) >= 11 is 5.17. The van der Waals surface area contributed by atoms with Crippen LogP contribution in [0.2, 0.25) is 0 Å². The summed E-state index contributed by atoms with van der Waals surface area (Å²) in [7, 11) is 0. The molecule has 0 spiro atoms. The number of halogens is 1. The molecular weight excluding hydrogens is 474 g/mol. The second kappa shape index (κ2) is 9.40. The molecule has 5 rings (SSSR count). The van der Waals surface area contributed by atoms with Gasteiger partial charge in [0, 0.05) is 17.1 Å². The first-order chi connectivity index (χ1) is 15.1. The van der Waals surface area contributed by atoms with Gasteiger partial charge in [-0.15, -0.1) is 0 Å². The highest BCUT2D eigenvalue weighted by molar-refractivity contribution is 9.10. The number of nitrogens with zero attached hydrogens (tertiary/aromatic N) is 3. The van der Waals surface area contributed by atoms with Gasteiger partial charge in [0.2, 0.25) is 0 Å². The van der Waals surface area contributed by atoms with Gasteiger partial charge in [-0.1, -0.05) is 27.3 Å². The van der Waals surface area contributed by atoms with Gasteiger partial charge in [0.15, 0.2) is 5.13 Å². The van der Waals surface area contributed by atoms with Crippen molar-refractivity contribution in [2.45, 2.75) is 57.2 Å². The first-order valence-corrected chi connectivity index (χ1v) is 12.7. The maximum absolute atomic E-state index is 9.81. The van der Waals surface area contributed by atoms with Crippen molar-refractivity contribution < 1.29 is 5.11 Å². The lowest BCUT2D eigenvalue weighted by Gasteiger charge is -2.27. The molecule has 0 atom stereocenters. The van der Waals surface area contributed by atoms with Crippen LogP contribution in [0.4, 0.5) is 16.8 Å². The van der Waals surface area contributed by atoms with Crippen LogP contribution in [0, 0.1) is 0 Å². The fourth-order valence-electron chi connectivity index (χ4n) is 4.51. The van der Waals surface area contributed by atoms with Gasteiger partial charge in [-0.25, -0.2) is 9.97 Å². The Morgan fingerprint density at radius 3 is 2.61 bits per heavy atom. The molecule has 6 nitrogen and oxygen atoms in total. The Morgan fingerprint density at radius 1 is 1.03 bits per heavy atom. The molecule has 0 radical (unpaired) electrons. The number of anilines is 3. The van der Waals surface area contributed by atoms with Crippen LogP contribution in [0.25, 0.3) is 10.2 Å². The lowest BCUT2D eigenvalue weighted by Crippen LogP contribution is -2.28. The number of hydrogen-bond donors (Lipinski definition) is 3. The zero-order valence-corrected chi connectivity index (χ0v) is 19.9. The lowest BCUT2D eigenvalue weighted by atomic mass is 9.93. The van der Waals surface area contributed by atoms with Crippen LogP contribution in [0.5, 0.6) is 0 Å². The van der Waals surface area contributed by atoms with E-state index < -0.39 is 0 Å². The van der Waals surface area contributed by atoms with Crippen molar-refractivity contribution in [3.05, 3.63) is 40.4 Å². The average Bonchev–Trinajstić information content (AvgIpc) is 3.38. The quantitative estimate of drug-likeness (QED) is 0.413. The van der Waals surface area contributed by atoms with Crippen molar-refractivity contribution in [3.8, 4) is 0 Å². The number of nitrogens with one attached hydrogen (secondary N) is 2. The van der Waals surface area contributed by atoms with Gasteiger partial charge < -0.3 is 15.7 Å². The van der Waals surface area contributed by atoms with E-state index >= 15 is 0 Å². The van der Waals surface area contributed by atoms with E-state index in [2.05, 4.69) is 49.7 Å². The molecule has 1 aliphatic heterocycles. The molecule has 3 aromatic rings. The highest BCUT2D eigenvalue weighted by Crippen LogP contribution is 2.31. The third-order valence-electron chi connectivity index (χ3n) is 6.12. The summed E-state index contributed by atoms with van der Waals surface area (Å²) in [6, 6.07) is 10.8. The van der Waals surface area contributed by atoms with Crippen LogP contribution in [0.3, 0.4) is 0 Å². The van der Waals surface area contributed by atoms with Crippen molar-refractivity contribution in [1.29, 1.82) is 0 Å².